The molecule has 1 amide bonds. The summed E-state index contributed by atoms with van der Waals surface area (Å²) in [6.07, 6.45) is 3.15. The number of aromatic nitrogens is 1. The Morgan fingerprint density at radius 2 is 2.37 bits per heavy atom. The van der Waals surface area contributed by atoms with Gasteiger partial charge < -0.3 is 10.0 Å². The lowest BCUT2D eigenvalue weighted by molar-refractivity contribution is -0.0439. The van der Waals surface area contributed by atoms with E-state index in [1.807, 2.05) is 31.7 Å². The maximum atomic E-state index is 12.4. The van der Waals surface area contributed by atoms with Gasteiger partial charge in [-0.25, -0.2) is 0 Å². The second-order valence-electron chi connectivity index (χ2n) is 5.65. The molecule has 0 aliphatic carbocycles. The Kier molecular flexibility index (Phi) is 3.90. The molecule has 1 aromatic heterocycles. The molecule has 1 aromatic rings. The topological polar surface area (TPSA) is 53.4 Å². The molecule has 2 atom stereocenters. The molecule has 0 saturated carbocycles. The number of hydrogen-bond acceptors (Lipinski definition) is 3. The van der Waals surface area contributed by atoms with Gasteiger partial charge in [0.1, 0.15) is 0 Å². The lowest BCUT2D eigenvalue weighted by Crippen LogP contribution is -2.50. The average molecular weight is 262 g/mol. The van der Waals surface area contributed by atoms with Gasteiger partial charge in [0, 0.05) is 36.5 Å². The van der Waals surface area contributed by atoms with Crippen LogP contribution in [-0.4, -0.2) is 39.6 Å². The molecule has 1 N–H and O–H groups in total. The Balaban J connectivity index is 2.12. The molecule has 4 nitrogen and oxygen atoms in total. The maximum absolute atomic E-state index is 12.4. The third-order valence-electron chi connectivity index (χ3n) is 4.16. The third kappa shape index (κ3) is 2.95. The van der Waals surface area contributed by atoms with E-state index in [1.165, 1.54) is 0 Å². The molecule has 4 heteroatoms. The fourth-order valence-electron chi connectivity index (χ4n) is 2.40. The smallest absolute Gasteiger partial charge is 0.253 e. The van der Waals surface area contributed by atoms with Crippen LogP contribution in [0.2, 0.25) is 0 Å². The van der Waals surface area contributed by atoms with Crippen molar-refractivity contribution in [1.29, 1.82) is 0 Å². The summed E-state index contributed by atoms with van der Waals surface area (Å²) < 4.78 is 0. The second-order valence-corrected chi connectivity index (χ2v) is 5.65. The van der Waals surface area contributed by atoms with Crippen LogP contribution in [0.4, 0.5) is 0 Å². The number of aliphatic hydroxyl groups is 1. The lowest BCUT2D eigenvalue weighted by Gasteiger charge is -2.41. The van der Waals surface area contributed by atoms with Crippen molar-refractivity contribution in [1.82, 2.24) is 9.88 Å². The van der Waals surface area contributed by atoms with Crippen molar-refractivity contribution >= 4 is 5.91 Å². The number of carbonyl (C=O) groups is 1. The number of piperidine rings is 1. The molecule has 19 heavy (non-hydrogen) atoms. The van der Waals surface area contributed by atoms with Gasteiger partial charge in [0.15, 0.2) is 0 Å². The number of aryl methyl sites for hydroxylation is 1. The van der Waals surface area contributed by atoms with Crippen LogP contribution < -0.4 is 0 Å². The van der Waals surface area contributed by atoms with E-state index in [0.717, 1.165) is 12.1 Å². The normalized spacial score (nSPS) is 27.4. The minimum absolute atomic E-state index is 0.0412. The first kappa shape index (κ1) is 14.0. The molecule has 0 aromatic carbocycles. The van der Waals surface area contributed by atoms with Crippen LogP contribution in [0, 0.1) is 5.92 Å². The van der Waals surface area contributed by atoms with Crippen LogP contribution in [-0.2, 0) is 6.42 Å². The molecule has 1 saturated heterocycles. The van der Waals surface area contributed by atoms with Gasteiger partial charge in [-0.15, -0.1) is 0 Å². The van der Waals surface area contributed by atoms with Gasteiger partial charge in [-0.3, -0.25) is 9.78 Å². The van der Waals surface area contributed by atoms with E-state index in [0.29, 0.717) is 25.1 Å². The number of pyridine rings is 1. The van der Waals surface area contributed by atoms with E-state index in [4.69, 9.17) is 0 Å². The summed E-state index contributed by atoms with van der Waals surface area (Å²) in [6, 6.07) is 3.62. The summed E-state index contributed by atoms with van der Waals surface area (Å²) in [4.78, 5) is 18.5. The van der Waals surface area contributed by atoms with E-state index >= 15 is 0 Å². The molecule has 104 valence electrons. The van der Waals surface area contributed by atoms with Crippen molar-refractivity contribution in [2.45, 2.75) is 39.2 Å². The zero-order valence-corrected chi connectivity index (χ0v) is 11.9. The highest BCUT2D eigenvalue weighted by atomic mass is 16.3. The Morgan fingerprint density at radius 1 is 1.63 bits per heavy atom. The summed E-state index contributed by atoms with van der Waals surface area (Å²) in [5.74, 6) is 0.136. The van der Waals surface area contributed by atoms with Crippen LogP contribution in [0.15, 0.2) is 18.3 Å². The molecular weight excluding hydrogens is 240 g/mol. The third-order valence-corrected chi connectivity index (χ3v) is 4.16. The first-order valence-electron chi connectivity index (χ1n) is 6.90. The van der Waals surface area contributed by atoms with Crippen molar-refractivity contribution in [3.05, 3.63) is 29.6 Å². The number of hydrogen-bond donors (Lipinski definition) is 1. The van der Waals surface area contributed by atoms with Gasteiger partial charge in [-0.2, -0.15) is 0 Å². The fraction of sp³-hybridized carbons (Fsp3) is 0.600. The van der Waals surface area contributed by atoms with E-state index in [2.05, 4.69) is 4.98 Å². The molecule has 0 radical (unpaired) electrons. The molecular formula is C15H22N2O2. The van der Waals surface area contributed by atoms with Crippen LogP contribution in [0.5, 0.6) is 0 Å². The molecule has 2 unspecified atom stereocenters. The quantitative estimate of drug-likeness (QED) is 0.885. The fourth-order valence-corrected chi connectivity index (χ4v) is 2.40. The van der Waals surface area contributed by atoms with E-state index in [1.54, 1.807) is 12.3 Å². The number of carbonyl (C=O) groups excluding carboxylic acids is 1. The van der Waals surface area contributed by atoms with Crippen molar-refractivity contribution in [3.63, 3.8) is 0 Å². The molecule has 2 heterocycles. The highest BCUT2D eigenvalue weighted by molar-refractivity contribution is 5.94. The zero-order chi connectivity index (χ0) is 14.0. The van der Waals surface area contributed by atoms with E-state index in [9.17, 15) is 9.90 Å². The first-order chi connectivity index (χ1) is 8.94. The molecule has 0 spiro atoms. The van der Waals surface area contributed by atoms with Gasteiger partial charge in [0.25, 0.3) is 5.91 Å². The van der Waals surface area contributed by atoms with E-state index < -0.39 is 5.60 Å². The number of likely N-dealkylation sites (tertiary alicyclic amines) is 1. The molecule has 0 bridgehead atoms. The Hall–Kier alpha value is -1.42. The Labute approximate surface area is 114 Å². The van der Waals surface area contributed by atoms with Crippen LogP contribution in [0.3, 0.4) is 0 Å². The molecule has 1 aliphatic rings. The second kappa shape index (κ2) is 5.29. The van der Waals surface area contributed by atoms with E-state index in [-0.39, 0.29) is 11.8 Å². The minimum atomic E-state index is -0.663. The van der Waals surface area contributed by atoms with Crippen LogP contribution in [0.1, 0.15) is 43.2 Å². The van der Waals surface area contributed by atoms with Crippen molar-refractivity contribution in [3.8, 4) is 0 Å². The standard InChI is InChI=1S/C15H22N2O2/c1-4-13-9-12(5-7-16-13)14(18)17-8-6-15(3,19)11(2)10-17/h5,7,9,11,19H,4,6,8,10H2,1-3H3. The SMILES string of the molecule is CCc1cc(C(=O)N2CCC(C)(O)C(C)C2)ccn1. The number of nitrogens with zero attached hydrogens (tertiary/aromatic N) is 2. The molecule has 1 aliphatic heterocycles. The van der Waals surface area contributed by atoms with Crippen LogP contribution >= 0.6 is 0 Å². The highest BCUT2D eigenvalue weighted by Crippen LogP contribution is 2.27. The largest absolute Gasteiger partial charge is 0.390 e. The minimum Gasteiger partial charge on any atom is -0.390 e. The van der Waals surface area contributed by atoms with Crippen molar-refractivity contribution in [2.75, 3.05) is 13.1 Å². The summed E-state index contributed by atoms with van der Waals surface area (Å²) in [5.41, 5.74) is 0.965. The number of rotatable bonds is 2. The molecule has 2 rings (SSSR count). The van der Waals surface area contributed by atoms with Gasteiger partial charge in [-0.1, -0.05) is 13.8 Å². The average Bonchev–Trinajstić information content (AvgIpc) is 2.41. The predicted octanol–water partition coefficient (Wildman–Crippen LogP) is 1.88. The van der Waals surface area contributed by atoms with Gasteiger partial charge >= 0.3 is 0 Å². The Bertz CT molecular complexity index is 471. The first-order valence-corrected chi connectivity index (χ1v) is 6.90. The maximum Gasteiger partial charge on any atom is 0.253 e. The highest BCUT2D eigenvalue weighted by Gasteiger charge is 2.36. The lowest BCUT2D eigenvalue weighted by atomic mass is 9.84. The predicted molar refractivity (Wildman–Crippen MR) is 73.9 cm³/mol. The van der Waals surface area contributed by atoms with Crippen molar-refractivity contribution in [2.24, 2.45) is 5.92 Å². The number of amides is 1. The Morgan fingerprint density at radius 3 is 3.00 bits per heavy atom. The van der Waals surface area contributed by atoms with Gasteiger partial charge in [0.05, 0.1) is 5.60 Å². The monoisotopic (exact) mass is 262 g/mol. The van der Waals surface area contributed by atoms with Gasteiger partial charge in [-0.05, 0) is 31.9 Å². The van der Waals surface area contributed by atoms with Crippen molar-refractivity contribution < 1.29 is 9.90 Å². The van der Waals surface area contributed by atoms with Crippen LogP contribution in [0.25, 0.3) is 0 Å². The van der Waals surface area contributed by atoms with Gasteiger partial charge in [0.2, 0.25) is 0 Å². The molecule has 1 fully saturated rings. The summed E-state index contributed by atoms with van der Waals surface area (Å²) in [6.45, 7) is 7.08. The summed E-state index contributed by atoms with van der Waals surface area (Å²) in [7, 11) is 0. The zero-order valence-electron chi connectivity index (χ0n) is 11.9. The summed E-state index contributed by atoms with van der Waals surface area (Å²) >= 11 is 0. The summed E-state index contributed by atoms with van der Waals surface area (Å²) in [5, 5.41) is 10.1.